The highest BCUT2D eigenvalue weighted by atomic mass is 79.9. The lowest BCUT2D eigenvalue weighted by Crippen LogP contribution is -2.27. The normalized spacial score (nSPS) is 15.7. The Hall–Kier alpha value is -2.57. The molecule has 0 bridgehead atoms. The van der Waals surface area contributed by atoms with E-state index in [9.17, 15) is 9.59 Å². The number of hydrogen-bond donors (Lipinski definition) is 0. The summed E-state index contributed by atoms with van der Waals surface area (Å²) in [5.41, 5.74) is 4.64. The molecule has 4 nitrogen and oxygen atoms in total. The van der Waals surface area contributed by atoms with E-state index in [0.717, 1.165) is 38.9 Å². The van der Waals surface area contributed by atoms with Crippen LogP contribution < -0.4 is 4.90 Å². The van der Waals surface area contributed by atoms with Gasteiger partial charge in [-0.3, -0.25) is 9.59 Å². The molecular weight excluding hydrogens is 436 g/mol. The third-order valence-corrected chi connectivity index (χ3v) is 5.99. The van der Waals surface area contributed by atoms with Gasteiger partial charge in [0.1, 0.15) is 0 Å². The van der Waals surface area contributed by atoms with Crippen LogP contribution in [0.5, 0.6) is 0 Å². The molecule has 6 heteroatoms. The standard InChI is InChI=1S/C22H17BrN2O2S/c1-14-11-16(15(2)24(14)19-10-6-7-17(23)13-19)12-20-21(26)25(22(27)28-20)18-8-4-3-5-9-18/h3-13H,1-2H3/b20-12+. The second-order valence-corrected chi connectivity index (χ2v) is 8.40. The maximum absolute atomic E-state index is 12.8. The molecule has 140 valence electrons. The van der Waals surface area contributed by atoms with Gasteiger partial charge in [0.2, 0.25) is 0 Å². The Morgan fingerprint density at radius 1 is 0.929 bits per heavy atom. The van der Waals surface area contributed by atoms with E-state index in [0.29, 0.717) is 10.6 Å². The average molecular weight is 453 g/mol. The van der Waals surface area contributed by atoms with Gasteiger partial charge in [-0.25, -0.2) is 4.90 Å². The predicted octanol–water partition coefficient (Wildman–Crippen LogP) is 6.10. The van der Waals surface area contributed by atoms with Gasteiger partial charge < -0.3 is 4.57 Å². The maximum Gasteiger partial charge on any atom is 0.298 e. The van der Waals surface area contributed by atoms with Crippen LogP contribution in [0.15, 0.2) is 70.0 Å². The van der Waals surface area contributed by atoms with Crippen molar-refractivity contribution in [1.82, 2.24) is 4.57 Å². The van der Waals surface area contributed by atoms with E-state index in [1.54, 1.807) is 12.1 Å². The van der Waals surface area contributed by atoms with Crippen LogP contribution in [0, 0.1) is 13.8 Å². The number of anilines is 1. The van der Waals surface area contributed by atoms with Gasteiger partial charge in [0.25, 0.3) is 11.1 Å². The fourth-order valence-electron chi connectivity index (χ4n) is 3.35. The first-order valence-electron chi connectivity index (χ1n) is 8.73. The van der Waals surface area contributed by atoms with E-state index in [-0.39, 0.29) is 11.1 Å². The molecule has 1 saturated heterocycles. The van der Waals surface area contributed by atoms with Gasteiger partial charge in [-0.15, -0.1) is 0 Å². The number of rotatable bonds is 3. The highest BCUT2D eigenvalue weighted by molar-refractivity contribution is 9.10. The fourth-order valence-corrected chi connectivity index (χ4v) is 4.57. The predicted molar refractivity (Wildman–Crippen MR) is 118 cm³/mol. The summed E-state index contributed by atoms with van der Waals surface area (Å²) >= 11 is 4.49. The number of nitrogens with zero attached hydrogens (tertiary/aromatic N) is 2. The van der Waals surface area contributed by atoms with Crippen LogP contribution in [0.1, 0.15) is 17.0 Å². The summed E-state index contributed by atoms with van der Waals surface area (Å²) in [5, 5.41) is -0.275. The second kappa shape index (κ2) is 7.45. The molecule has 4 rings (SSSR count). The largest absolute Gasteiger partial charge is 0.318 e. The van der Waals surface area contributed by atoms with Crippen molar-refractivity contribution in [3.63, 3.8) is 0 Å². The lowest BCUT2D eigenvalue weighted by atomic mass is 10.2. The number of carbonyl (C=O) groups excluding carboxylic acids is 2. The zero-order chi connectivity index (χ0) is 19.8. The summed E-state index contributed by atoms with van der Waals surface area (Å²) in [7, 11) is 0. The molecule has 1 fully saturated rings. The van der Waals surface area contributed by atoms with E-state index >= 15 is 0 Å². The molecule has 0 atom stereocenters. The molecular formula is C22H17BrN2O2S. The number of para-hydroxylation sites is 1. The van der Waals surface area contributed by atoms with E-state index in [2.05, 4.69) is 20.5 Å². The van der Waals surface area contributed by atoms with Crippen LogP contribution in [-0.2, 0) is 4.79 Å². The number of thioether (sulfide) groups is 1. The molecule has 1 aliphatic heterocycles. The molecule has 2 amide bonds. The Kier molecular flexibility index (Phi) is 5.00. The van der Waals surface area contributed by atoms with Crippen molar-refractivity contribution >= 4 is 50.6 Å². The van der Waals surface area contributed by atoms with Crippen LogP contribution >= 0.6 is 27.7 Å². The van der Waals surface area contributed by atoms with Gasteiger partial charge in [-0.1, -0.05) is 40.2 Å². The molecule has 0 unspecified atom stereocenters. The van der Waals surface area contributed by atoms with Crippen LogP contribution in [0.2, 0.25) is 0 Å². The van der Waals surface area contributed by atoms with Crippen molar-refractivity contribution in [3.8, 4) is 5.69 Å². The van der Waals surface area contributed by atoms with Gasteiger partial charge in [0.15, 0.2) is 0 Å². The van der Waals surface area contributed by atoms with Gasteiger partial charge >= 0.3 is 0 Å². The number of carbonyl (C=O) groups is 2. The Morgan fingerprint density at radius 3 is 2.36 bits per heavy atom. The minimum absolute atomic E-state index is 0.275. The lowest BCUT2D eigenvalue weighted by molar-refractivity contribution is -0.113. The third-order valence-electron chi connectivity index (χ3n) is 4.63. The highest BCUT2D eigenvalue weighted by Gasteiger charge is 2.36. The van der Waals surface area contributed by atoms with Crippen LogP contribution in [-0.4, -0.2) is 15.7 Å². The maximum atomic E-state index is 12.8. The quantitative estimate of drug-likeness (QED) is 0.451. The number of benzene rings is 2. The van der Waals surface area contributed by atoms with Gasteiger partial charge in [0, 0.05) is 21.5 Å². The molecule has 1 aromatic heterocycles. The van der Waals surface area contributed by atoms with Gasteiger partial charge in [-0.05, 0) is 73.6 Å². The minimum atomic E-state index is -0.284. The van der Waals surface area contributed by atoms with Crippen LogP contribution in [0.3, 0.4) is 0 Å². The van der Waals surface area contributed by atoms with Crippen LogP contribution in [0.25, 0.3) is 11.8 Å². The first-order chi connectivity index (χ1) is 13.5. The Balaban J connectivity index is 1.72. The van der Waals surface area contributed by atoms with E-state index < -0.39 is 0 Å². The van der Waals surface area contributed by atoms with Gasteiger partial charge in [0.05, 0.1) is 10.6 Å². The number of aromatic nitrogens is 1. The third kappa shape index (κ3) is 3.34. The van der Waals surface area contributed by atoms with Gasteiger partial charge in [-0.2, -0.15) is 0 Å². The first kappa shape index (κ1) is 18.8. The van der Waals surface area contributed by atoms with Crippen molar-refractivity contribution in [2.75, 3.05) is 4.90 Å². The van der Waals surface area contributed by atoms with E-state index in [1.165, 1.54) is 4.90 Å². The summed E-state index contributed by atoms with van der Waals surface area (Å²) < 4.78 is 3.14. The Labute approximate surface area is 176 Å². The summed E-state index contributed by atoms with van der Waals surface area (Å²) in [5.74, 6) is -0.284. The first-order valence-corrected chi connectivity index (χ1v) is 10.3. The summed E-state index contributed by atoms with van der Waals surface area (Å²) in [6.07, 6.45) is 1.81. The average Bonchev–Trinajstić information content (AvgIpc) is 3.11. The van der Waals surface area contributed by atoms with Crippen LogP contribution in [0.4, 0.5) is 10.5 Å². The fraction of sp³-hybridized carbons (Fsp3) is 0.0909. The molecule has 0 radical (unpaired) electrons. The zero-order valence-corrected chi connectivity index (χ0v) is 17.8. The number of hydrogen-bond acceptors (Lipinski definition) is 3. The molecule has 0 aliphatic carbocycles. The number of amides is 2. The van der Waals surface area contributed by atoms with E-state index in [1.807, 2.05) is 68.5 Å². The number of imide groups is 1. The molecule has 1 aliphatic rings. The molecule has 28 heavy (non-hydrogen) atoms. The molecule has 0 spiro atoms. The molecule has 0 saturated carbocycles. The minimum Gasteiger partial charge on any atom is -0.318 e. The molecule has 2 aromatic carbocycles. The number of aryl methyl sites for hydroxylation is 1. The molecule has 3 aromatic rings. The summed E-state index contributed by atoms with van der Waals surface area (Å²) in [6.45, 7) is 4.04. The SMILES string of the molecule is Cc1cc(/C=C2/SC(=O)N(c3ccccc3)C2=O)c(C)n1-c1cccc(Br)c1. The second-order valence-electron chi connectivity index (χ2n) is 6.49. The van der Waals surface area contributed by atoms with Crippen molar-refractivity contribution in [2.24, 2.45) is 0 Å². The van der Waals surface area contributed by atoms with E-state index in [4.69, 9.17) is 0 Å². The smallest absolute Gasteiger partial charge is 0.298 e. The van der Waals surface area contributed by atoms with Crippen molar-refractivity contribution < 1.29 is 9.59 Å². The summed E-state index contributed by atoms with van der Waals surface area (Å²) in [6, 6.07) is 19.1. The summed E-state index contributed by atoms with van der Waals surface area (Å²) in [4.78, 5) is 26.9. The van der Waals surface area contributed by atoms with Crippen molar-refractivity contribution in [1.29, 1.82) is 0 Å². The molecule has 0 N–H and O–H groups in total. The highest BCUT2D eigenvalue weighted by Crippen LogP contribution is 2.36. The number of halogens is 1. The topological polar surface area (TPSA) is 42.3 Å². The van der Waals surface area contributed by atoms with Crippen molar-refractivity contribution in [3.05, 3.63) is 87.0 Å². The lowest BCUT2D eigenvalue weighted by Gasteiger charge is -2.11. The zero-order valence-electron chi connectivity index (χ0n) is 15.3. The molecule has 2 heterocycles. The van der Waals surface area contributed by atoms with Crippen molar-refractivity contribution in [2.45, 2.75) is 13.8 Å². The monoisotopic (exact) mass is 452 g/mol. The Bertz CT molecular complexity index is 1120. The Morgan fingerprint density at radius 2 is 1.64 bits per heavy atom.